The molecule has 0 aliphatic carbocycles. The fraction of sp³-hybridized carbons (Fsp3) is 0.500. The van der Waals surface area contributed by atoms with Crippen molar-refractivity contribution in [2.24, 2.45) is 5.73 Å². The maximum Gasteiger partial charge on any atom is 0.237 e. The van der Waals surface area contributed by atoms with E-state index < -0.39 is 6.04 Å². The van der Waals surface area contributed by atoms with Crippen molar-refractivity contribution in [1.29, 1.82) is 0 Å². The van der Waals surface area contributed by atoms with E-state index in [0.717, 1.165) is 5.75 Å². The van der Waals surface area contributed by atoms with Crippen LogP contribution in [-0.2, 0) is 4.79 Å². The Bertz CT molecular complexity index is 447. The molecule has 0 saturated heterocycles. The van der Waals surface area contributed by atoms with E-state index in [1.807, 2.05) is 6.26 Å². The van der Waals surface area contributed by atoms with Gasteiger partial charge in [-0.1, -0.05) is 23.2 Å². The van der Waals surface area contributed by atoms with Crippen molar-refractivity contribution in [2.75, 3.05) is 30.4 Å². The van der Waals surface area contributed by atoms with Crippen LogP contribution in [0.1, 0.15) is 6.42 Å². The molecule has 1 aromatic heterocycles. The predicted molar refractivity (Wildman–Crippen MR) is 86.7 cm³/mol. The number of thioether (sulfide) groups is 1. The fourth-order valence-corrected chi connectivity index (χ4v) is 2.35. The largest absolute Gasteiger partial charge is 0.367 e. The first kappa shape index (κ1) is 17.4. The molecule has 5 nitrogen and oxygen atoms in total. The topological polar surface area (TPSA) is 80.0 Å². The van der Waals surface area contributed by atoms with Crippen LogP contribution < -0.4 is 16.4 Å². The van der Waals surface area contributed by atoms with E-state index in [0.29, 0.717) is 35.4 Å². The van der Waals surface area contributed by atoms with Gasteiger partial charge < -0.3 is 16.4 Å². The molecule has 1 amide bonds. The highest BCUT2D eigenvalue weighted by atomic mass is 35.5. The average molecular weight is 337 g/mol. The van der Waals surface area contributed by atoms with Gasteiger partial charge in [0.2, 0.25) is 5.91 Å². The lowest BCUT2D eigenvalue weighted by Gasteiger charge is -2.12. The molecule has 8 heteroatoms. The number of anilines is 1. The third kappa shape index (κ3) is 6.17. The zero-order valence-electron chi connectivity index (χ0n) is 11.2. The molecule has 20 heavy (non-hydrogen) atoms. The van der Waals surface area contributed by atoms with Gasteiger partial charge in [-0.3, -0.25) is 4.79 Å². The summed E-state index contributed by atoms with van der Waals surface area (Å²) in [5.74, 6) is 1.27. The lowest BCUT2D eigenvalue weighted by molar-refractivity contribution is -0.122. The highest BCUT2D eigenvalue weighted by Crippen LogP contribution is 2.21. The molecule has 1 heterocycles. The van der Waals surface area contributed by atoms with Gasteiger partial charge >= 0.3 is 0 Å². The molecule has 1 atom stereocenters. The minimum Gasteiger partial charge on any atom is -0.367 e. The summed E-state index contributed by atoms with van der Waals surface area (Å²) in [4.78, 5) is 15.7. The van der Waals surface area contributed by atoms with Gasteiger partial charge in [-0.25, -0.2) is 4.98 Å². The standard InChI is InChI=1S/C12H18Cl2N4OS/c1-20-5-2-10(15)12(19)17-4-3-16-11-9(14)6-8(13)7-18-11/h6-7,10H,2-5,15H2,1H3,(H,16,18)(H,17,19)/t10-/m0/s1. The number of nitrogens with one attached hydrogen (secondary N) is 2. The molecule has 0 fully saturated rings. The maximum atomic E-state index is 11.6. The molecule has 0 aliphatic heterocycles. The molecule has 1 rings (SSSR count). The third-order valence-corrected chi connectivity index (χ3v) is 3.63. The maximum absolute atomic E-state index is 11.6. The van der Waals surface area contributed by atoms with Crippen LogP contribution in [0, 0.1) is 0 Å². The van der Waals surface area contributed by atoms with E-state index >= 15 is 0 Å². The molecule has 0 aliphatic rings. The number of hydrogen-bond acceptors (Lipinski definition) is 5. The first-order chi connectivity index (χ1) is 9.54. The molecule has 0 unspecified atom stereocenters. The molecule has 0 saturated carbocycles. The molecular formula is C12H18Cl2N4OS. The van der Waals surface area contributed by atoms with Gasteiger partial charge in [-0.2, -0.15) is 11.8 Å². The second kappa shape index (κ2) is 9.28. The smallest absolute Gasteiger partial charge is 0.237 e. The first-order valence-electron chi connectivity index (χ1n) is 6.11. The van der Waals surface area contributed by atoms with Gasteiger partial charge in [0.15, 0.2) is 0 Å². The Balaban J connectivity index is 2.26. The normalized spacial score (nSPS) is 12.0. The third-order valence-electron chi connectivity index (χ3n) is 2.49. The van der Waals surface area contributed by atoms with Gasteiger partial charge in [0.25, 0.3) is 0 Å². The lowest BCUT2D eigenvalue weighted by atomic mass is 10.2. The zero-order valence-corrected chi connectivity index (χ0v) is 13.5. The molecule has 4 N–H and O–H groups in total. The van der Waals surface area contributed by atoms with Crippen LogP contribution >= 0.6 is 35.0 Å². The average Bonchev–Trinajstić information content (AvgIpc) is 2.42. The van der Waals surface area contributed by atoms with E-state index in [1.165, 1.54) is 6.20 Å². The predicted octanol–water partition coefficient (Wildman–Crippen LogP) is 2.00. The Hall–Kier alpha value is -0.690. The van der Waals surface area contributed by atoms with Crippen molar-refractivity contribution in [2.45, 2.75) is 12.5 Å². The van der Waals surface area contributed by atoms with E-state index in [2.05, 4.69) is 15.6 Å². The zero-order chi connectivity index (χ0) is 15.0. The van der Waals surface area contributed by atoms with Crippen LogP contribution in [0.2, 0.25) is 10.0 Å². The summed E-state index contributed by atoms with van der Waals surface area (Å²) in [6, 6.07) is 1.15. The Morgan fingerprint density at radius 1 is 1.50 bits per heavy atom. The molecule has 0 spiro atoms. The van der Waals surface area contributed by atoms with Crippen molar-refractivity contribution in [1.82, 2.24) is 10.3 Å². The second-order valence-corrected chi connectivity index (χ2v) is 5.92. The summed E-state index contributed by atoms with van der Waals surface area (Å²) in [5, 5.41) is 6.70. The van der Waals surface area contributed by atoms with Crippen LogP contribution in [0.15, 0.2) is 12.3 Å². The van der Waals surface area contributed by atoms with Crippen molar-refractivity contribution in [3.63, 3.8) is 0 Å². The van der Waals surface area contributed by atoms with E-state index in [4.69, 9.17) is 28.9 Å². The van der Waals surface area contributed by atoms with Crippen molar-refractivity contribution >= 4 is 46.7 Å². The van der Waals surface area contributed by atoms with Crippen LogP contribution in [0.5, 0.6) is 0 Å². The van der Waals surface area contributed by atoms with Crippen LogP contribution in [0.25, 0.3) is 0 Å². The minimum absolute atomic E-state index is 0.143. The van der Waals surface area contributed by atoms with Crippen LogP contribution in [-0.4, -0.2) is 42.0 Å². The monoisotopic (exact) mass is 336 g/mol. The van der Waals surface area contributed by atoms with Gasteiger partial charge in [-0.15, -0.1) is 0 Å². The van der Waals surface area contributed by atoms with Gasteiger partial charge in [0.05, 0.1) is 16.1 Å². The number of hydrogen-bond donors (Lipinski definition) is 3. The number of nitrogens with zero attached hydrogens (tertiary/aromatic N) is 1. The Morgan fingerprint density at radius 3 is 2.90 bits per heavy atom. The number of aromatic nitrogens is 1. The molecule has 0 radical (unpaired) electrons. The summed E-state index contributed by atoms with van der Waals surface area (Å²) < 4.78 is 0. The quantitative estimate of drug-likeness (QED) is 0.632. The molecule has 1 aromatic rings. The van der Waals surface area contributed by atoms with Gasteiger partial charge in [0.1, 0.15) is 5.82 Å². The van der Waals surface area contributed by atoms with Gasteiger partial charge in [0, 0.05) is 19.3 Å². The van der Waals surface area contributed by atoms with Crippen molar-refractivity contribution < 1.29 is 4.79 Å². The summed E-state index contributed by atoms with van der Waals surface area (Å²) in [5.41, 5.74) is 5.74. The Labute approximate surface area is 133 Å². The summed E-state index contributed by atoms with van der Waals surface area (Å²) in [6.07, 6.45) is 4.16. The van der Waals surface area contributed by atoms with E-state index in [9.17, 15) is 4.79 Å². The van der Waals surface area contributed by atoms with Crippen molar-refractivity contribution in [3.8, 4) is 0 Å². The molecular weight excluding hydrogens is 319 g/mol. The number of nitrogens with two attached hydrogens (primary N) is 1. The van der Waals surface area contributed by atoms with Crippen LogP contribution in [0.4, 0.5) is 5.82 Å². The number of rotatable bonds is 8. The minimum atomic E-state index is -0.459. The number of carbonyl (C=O) groups excluding carboxylic acids is 1. The second-order valence-electron chi connectivity index (χ2n) is 4.09. The first-order valence-corrected chi connectivity index (χ1v) is 8.26. The lowest BCUT2D eigenvalue weighted by Crippen LogP contribution is -2.42. The molecule has 0 bridgehead atoms. The molecule has 0 aromatic carbocycles. The Morgan fingerprint density at radius 2 is 2.25 bits per heavy atom. The SMILES string of the molecule is CSCC[C@H](N)C(=O)NCCNc1ncc(Cl)cc1Cl. The van der Waals surface area contributed by atoms with E-state index in [1.54, 1.807) is 17.8 Å². The number of carbonyl (C=O) groups is 1. The number of pyridine rings is 1. The fourth-order valence-electron chi connectivity index (χ4n) is 1.42. The van der Waals surface area contributed by atoms with E-state index in [-0.39, 0.29) is 5.91 Å². The summed E-state index contributed by atoms with van der Waals surface area (Å²) in [6.45, 7) is 0.960. The molecule has 112 valence electrons. The van der Waals surface area contributed by atoms with Crippen molar-refractivity contribution in [3.05, 3.63) is 22.3 Å². The summed E-state index contributed by atoms with van der Waals surface area (Å²) >= 11 is 13.4. The highest BCUT2D eigenvalue weighted by Gasteiger charge is 2.11. The number of amides is 1. The number of halogens is 2. The highest BCUT2D eigenvalue weighted by molar-refractivity contribution is 7.98. The van der Waals surface area contributed by atoms with Crippen LogP contribution in [0.3, 0.4) is 0 Å². The van der Waals surface area contributed by atoms with Gasteiger partial charge in [-0.05, 0) is 24.5 Å². The summed E-state index contributed by atoms with van der Waals surface area (Å²) in [7, 11) is 0. The Kier molecular flexibility index (Phi) is 8.06.